The molecule has 7 nitrogen and oxygen atoms in total. The molecule has 0 saturated heterocycles. The van der Waals surface area contributed by atoms with Gasteiger partial charge in [0.2, 0.25) is 0 Å². The van der Waals surface area contributed by atoms with E-state index < -0.39 is 4.92 Å². The van der Waals surface area contributed by atoms with E-state index in [-0.39, 0.29) is 11.5 Å². The van der Waals surface area contributed by atoms with Crippen LogP contribution in [0.25, 0.3) is 23.0 Å². The fraction of sp³-hybridized carbons (Fsp3) is 0. The van der Waals surface area contributed by atoms with Gasteiger partial charge in [-0.2, -0.15) is 5.10 Å². The lowest BCUT2D eigenvalue weighted by atomic mass is 10.2. The first kappa shape index (κ1) is 12.5. The molecule has 0 atom stereocenters. The van der Waals surface area contributed by atoms with Crippen molar-refractivity contribution in [3.8, 4) is 23.0 Å². The molecule has 1 aromatic carbocycles. The van der Waals surface area contributed by atoms with Crippen LogP contribution in [0.3, 0.4) is 0 Å². The molecule has 8 heteroatoms. The van der Waals surface area contributed by atoms with Gasteiger partial charge in [-0.1, -0.05) is 12.1 Å². The summed E-state index contributed by atoms with van der Waals surface area (Å²) in [6.45, 7) is 0. The van der Waals surface area contributed by atoms with Crippen LogP contribution in [0.4, 0.5) is 5.69 Å². The Morgan fingerprint density at radius 3 is 2.75 bits per heavy atom. The Labute approximate surface area is 120 Å². The summed E-state index contributed by atoms with van der Waals surface area (Å²) in [6, 6.07) is 9.74. The van der Waals surface area contributed by atoms with Crippen molar-refractivity contribution in [2.24, 2.45) is 0 Å². The van der Waals surface area contributed by atoms with Crippen LogP contribution in [0.1, 0.15) is 0 Å². The molecule has 0 bridgehead atoms. The minimum Gasteiger partial charge on any atom is -0.446 e. The van der Waals surface area contributed by atoms with E-state index in [0.29, 0.717) is 21.8 Å². The highest BCUT2D eigenvalue weighted by Crippen LogP contribution is 2.29. The van der Waals surface area contributed by atoms with Crippen LogP contribution in [0.2, 0.25) is 0 Å². The second-order valence-corrected chi connectivity index (χ2v) is 4.67. The molecule has 0 unspecified atom stereocenters. The third kappa shape index (κ3) is 2.21. The van der Waals surface area contributed by atoms with Gasteiger partial charge in [-0.25, -0.2) is 4.98 Å². The lowest BCUT2D eigenvalue weighted by Gasteiger charge is -1.96. The van der Waals surface area contributed by atoms with Gasteiger partial charge >= 0.3 is 0 Å². The Hall–Kier alpha value is -2.48. The number of nitrogens with zero attached hydrogens (tertiary/aromatic N) is 3. The molecule has 0 spiro atoms. The molecule has 3 rings (SSSR count). The van der Waals surface area contributed by atoms with Gasteiger partial charge in [-0.3, -0.25) is 15.2 Å². The summed E-state index contributed by atoms with van der Waals surface area (Å²) in [5.74, 6) is 1.15. The molecule has 2 aromatic heterocycles. The first-order valence-corrected chi connectivity index (χ1v) is 6.36. The van der Waals surface area contributed by atoms with Crippen LogP contribution >= 0.6 is 15.9 Å². The van der Waals surface area contributed by atoms with E-state index in [4.69, 9.17) is 4.42 Å². The Balaban J connectivity index is 2.05. The molecule has 0 fully saturated rings. The number of H-pyrrole nitrogens is 1. The number of halogens is 1. The summed E-state index contributed by atoms with van der Waals surface area (Å²) in [5.41, 5.74) is 0.310. The predicted molar refractivity (Wildman–Crippen MR) is 73.9 cm³/mol. The third-order valence-corrected chi connectivity index (χ3v) is 3.06. The zero-order valence-electron chi connectivity index (χ0n) is 9.91. The lowest BCUT2D eigenvalue weighted by Crippen LogP contribution is -1.92. The summed E-state index contributed by atoms with van der Waals surface area (Å²) in [5, 5.41) is 17.7. The number of nitro groups is 1. The summed E-state index contributed by atoms with van der Waals surface area (Å²) in [6.07, 6.45) is 0. The number of nitro benzene ring substituents is 1. The number of aromatic amines is 1. The Kier molecular flexibility index (Phi) is 3.07. The number of hydrogen-bond acceptors (Lipinski definition) is 5. The molecule has 1 N–H and O–H groups in total. The highest BCUT2D eigenvalue weighted by Gasteiger charge is 2.19. The molecular weight excluding hydrogens is 328 g/mol. The van der Waals surface area contributed by atoms with Crippen molar-refractivity contribution in [2.75, 3.05) is 0 Å². The zero-order chi connectivity index (χ0) is 14.1. The van der Waals surface area contributed by atoms with Crippen molar-refractivity contribution in [1.82, 2.24) is 15.2 Å². The minimum absolute atomic E-state index is 0.0429. The highest BCUT2D eigenvalue weighted by atomic mass is 79.9. The van der Waals surface area contributed by atoms with Crippen molar-refractivity contribution in [2.45, 2.75) is 0 Å². The average molecular weight is 335 g/mol. The van der Waals surface area contributed by atoms with E-state index in [9.17, 15) is 10.1 Å². The van der Waals surface area contributed by atoms with Gasteiger partial charge in [0.25, 0.3) is 5.69 Å². The smallest absolute Gasteiger partial charge is 0.280 e. The van der Waals surface area contributed by atoms with Crippen molar-refractivity contribution in [1.29, 1.82) is 0 Å². The number of aromatic nitrogens is 3. The first-order chi connectivity index (χ1) is 9.65. The standard InChI is InChI=1S/C12H7BrN4O3/c13-10-6-5-9(20-10)12-14-11(15-16-12)7-3-1-2-4-8(7)17(18)19/h1-6H,(H,14,15,16). The molecule has 100 valence electrons. The maximum atomic E-state index is 11.0. The maximum Gasteiger partial charge on any atom is 0.280 e. The molecule has 0 amide bonds. The lowest BCUT2D eigenvalue weighted by molar-refractivity contribution is -0.384. The van der Waals surface area contributed by atoms with Crippen molar-refractivity contribution >= 4 is 21.6 Å². The first-order valence-electron chi connectivity index (χ1n) is 5.57. The van der Waals surface area contributed by atoms with E-state index in [1.807, 2.05) is 0 Å². The molecule has 0 aliphatic rings. The van der Waals surface area contributed by atoms with Gasteiger partial charge in [-0.15, -0.1) is 0 Å². The average Bonchev–Trinajstić information content (AvgIpc) is 3.07. The zero-order valence-corrected chi connectivity index (χ0v) is 11.5. The van der Waals surface area contributed by atoms with Crippen LogP contribution in [-0.2, 0) is 0 Å². The minimum atomic E-state index is -0.463. The van der Waals surface area contributed by atoms with Gasteiger partial charge in [0.15, 0.2) is 22.1 Å². The Morgan fingerprint density at radius 1 is 1.25 bits per heavy atom. The number of hydrogen-bond donors (Lipinski definition) is 1. The molecule has 0 saturated carbocycles. The molecular formula is C12H7BrN4O3. The summed E-state index contributed by atoms with van der Waals surface area (Å²) in [7, 11) is 0. The second kappa shape index (κ2) is 4.89. The largest absolute Gasteiger partial charge is 0.446 e. The topological polar surface area (TPSA) is 97.8 Å². The molecule has 0 aliphatic carbocycles. The monoisotopic (exact) mass is 334 g/mol. The van der Waals surface area contributed by atoms with E-state index in [1.54, 1.807) is 30.3 Å². The van der Waals surface area contributed by atoms with Gasteiger partial charge in [0.1, 0.15) is 0 Å². The molecule has 20 heavy (non-hydrogen) atoms. The van der Waals surface area contributed by atoms with E-state index in [0.717, 1.165) is 0 Å². The van der Waals surface area contributed by atoms with Gasteiger partial charge in [0.05, 0.1) is 10.5 Å². The maximum absolute atomic E-state index is 11.0. The summed E-state index contributed by atoms with van der Waals surface area (Å²) < 4.78 is 5.91. The van der Waals surface area contributed by atoms with E-state index >= 15 is 0 Å². The summed E-state index contributed by atoms with van der Waals surface area (Å²) in [4.78, 5) is 14.7. The SMILES string of the molecule is O=[N+]([O-])c1ccccc1-c1n[nH]c(-c2ccc(Br)o2)n1. The molecule has 3 aromatic rings. The van der Waals surface area contributed by atoms with Crippen LogP contribution in [0.5, 0.6) is 0 Å². The second-order valence-electron chi connectivity index (χ2n) is 3.89. The van der Waals surface area contributed by atoms with Crippen molar-refractivity contribution in [3.63, 3.8) is 0 Å². The Bertz CT molecular complexity index is 780. The highest BCUT2D eigenvalue weighted by molar-refractivity contribution is 9.10. The van der Waals surface area contributed by atoms with Crippen molar-refractivity contribution in [3.05, 3.63) is 51.2 Å². The van der Waals surface area contributed by atoms with Gasteiger partial charge in [-0.05, 0) is 34.1 Å². The van der Waals surface area contributed by atoms with E-state index in [2.05, 4.69) is 31.1 Å². The molecule has 0 aliphatic heterocycles. The number of para-hydroxylation sites is 1. The summed E-state index contributed by atoms with van der Waals surface area (Å²) >= 11 is 3.19. The number of furan rings is 1. The van der Waals surface area contributed by atoms with Crippen LogP contribution < -0.4 is 0 Å². The number of rotatable bonds is 3. The van der Waals surface area contributed by atoms with Crippen molar-refractivity contribution < 1.29 is 9.34 Å². The van der Waals surface area contributed by atoms with Gasteiger partial charge < -0.3 is 4.42 Å². The number of benzene rings is 1. The molecule has 0 radical (unpaired) electrons. The van der Waals surface area contributed by atoms with E-state index in [1.165, 1.54) is 6.07 Å². The fourth-order valence-electron chi connectivity index (χ4n) is 1.76. The van der Waals surface area contributed by atoms with Crippen LogP contribution in [0.15, 0.2) is 45.5 Å². The number of nitrogens with one attached hydrogen (secondary N) is 1. The third-order valence-electron chi connectivity index (χ3n) is 2.63. The fourth-order valence-corrected chi connectivity index (χ4v) is 2.06. The van der Waals surface area contributed by atoms with Crippen LogP contribution in [-0.4, -0.2) is 20.1 Å². The van der Waals surface area contributed by atoms with Crippen LogP contribution in [0, 0.1) is 10.1 Å². The van der Waals surface area contributed by atoms with Gasteiger partial charge in [0, 0.05) is 6.07 Å². The Morgan fingerprint density at radius 2 is 2.05 bits per heavy atom. The quantitative estimate of drug-likeness (QED) is 0.584. The molecule has 2 heterocycles. The normalized spacial score (nSPS) is 10.7. The predicted octanol–water partition coefficient (Wildman–Crippen LogP) is 3.40.